The fourth-order valence-electron chi connectivity index (χ4n) is 1.70. The minimum absolute atomic E-state index is 0.317. The monoisotopic (exact) mass is 230 g/mol. The number of esters is 1. The number of hydrogen-bond acceptors (Lipinski definition) is 3. The van der Waals surface area contributed by atoms with Gasteiger partial charge in [-0.15, -0.1) is 0 Å². The molecule has 0 heterocycles. The Labute approximate surface area is 94.1 Å². The van der Waals surface area contributed by atoms with Gasteiger partial charge in [0.25, 0.3) is 0 Å². The van der Waals surface area contributed by atoms with Gasteiger partial charge in [0, 0.05) is 25.3 Å². The first-order valence-corrected chi connectivity index (χ1v) is 7.81. The van der Waals surface area contributed by atoms with Gasteiger partial charge < -0.3 is 9.47 Å². The Balaban J connectivity index is 3.88. The fourth-order valence-corrected chi connectivity index (χ4v) is 4.32. The topological polar surface area (TPSA) is 35.5 Å². The van der Waals surface area contributed by atoms with Crippen LogP contribution in [0.25, 0.3) is 0 Å². The van der Waals surface area contributed by atoms with Crippen molar-refractivity contribution in [3.63, 3.8) is 0 Å². The first kappa shape index (κ1) is 14.4. The number of carbonyl (C=O) groups excluding carboxylic acids is 1. The second-order valence-electron chi connectivity index (χ2n) is 3.51. The molecule has 0 saturated heterocycles. The SMILES string of the molecule is C=CC(=O)OCCC(OC)[SiH](CC)CC. The molecule has 0 aromatic carbocycles. The molecule has 0 aliphatic rings. The Hall–Kier alpha value is -0.613. The highest BCUT2D eigenvalue weighted by Gasteiger charge is 2.19. The predicted molar refractivity (Wildman–Crippen MR) is 64.7 cm³/mol. The van der Waals surface area contributed by atoms with Crippen molar-refractivity contribution in [3.05, 3.63) is 12.7 Å². The summed E-state index contributed by atoms with van der Waals surface area (Å²) in [5, 5.41) is 0. The first-order chi connectivity index (χ1) is 7.19. The van der Waals surface area contributed by atoms with Crippen LogP contribution in [0.2, 0.25) is 12.1 Å². The van der Waals surface area contributed by atoms with Crippen molar-refractivity contribution in [1.29, 1.82) is 0 Å². The summed E-state index contributed by atoms with van der Waals surface area (Å²) in [4.78, 5) is 10.8. The quantitative estimate of drug-likeness (QED) is 0.363. The third kappa shape index (κ3) is 5.74. The Morgan fingerprint density at radius 2 is 2.07 bits per heavy atom. The van der Waals surface area contributed by atoms with Gasteiger partial charge in [0.2, 0.25) is 0 Å². The molecule has 0 rings (SSSR count). The predicted octanol–water partition coefficient (Wildman–Crippen LogP) is 1.93. The molecule has 0 bridgehead atoms. The molecule has 0 fully saturated rings. The van der Waals surface area contributed by atoms with Gasteiger partial charge in [-0.1, -0.05) is 32.5 Å². The largest absolute Gasteiger partial charge is 0.462 e. The molecular weight excluding hydrogens is 208 g/mol. The van der Waals surface area contributed by atoms with Crippen LogP contribution < -0.4 is 0 Å². The first-order valence-electron chi connectivity index (χ1n) is 5.51. The van der Waals surface area contributed by atoms with Crippen LogP contribution in [0.4, 0.5) is 0 Å². The van der Waals surface area contributed by atoms with E-state index < -0.39 is 8.80 Å². The molecule has 3 nitrogen and oxygen atoms in total. The van der Waals surface area contributed by atoms with Crippen molar-refractivity contribution in [1.82, 2.24) is 0 Å². The minimum atomic E-state index is -0.818. The van der Waals surface area contributed by atoms with Crippen molar-refractivity contribution in [3.8, 4) is 0 Å². The van der Waals surface area contributed by atoms with Gasteiger partial charge in [0.1, 0.15) is 0 Å². The lowest BCUT2D eigenvalue weighted by molar-refractivity contribution is -0.138. The molecular formula is C11H22O3Si. The third-order valence-electron chi connectivity index (χ3n) is 2.69. The van der Waals surface area contributed by atoms with Crippen LogP contribution in [0, 0.1) is 0 Å². The van der Waals surface area contributed by atoms with Gasteiger partial charge in [-0.05, 0) is 0 Å². The summed E-state index contributed by atoms with van der Waals surface area (Å²) in [7, 11) is 0.923. The Morgan fingerprint density at radius 1 is 1.47 bits per heavy atom. The van der Waals surface area contributed by atoms with E-state index in [0.29, 0.717) is 12.3 Å². The van der Waals surface area contributed by atoms with Crippen LogP contribution in [0.15, 0.2) is 12.7 Å². The van der Waals surface area contributed by atoms with Crippen LogP contribution >= 0.6 is 0 Å². The van der Waals surface area contributed by atoms with Gasteiger partial charge in [0.05, 0.1) is 15.4 Å². The summed E-state index contributed by atoms with van der Waals surface area (Å²) < 4.78 is 10.4. The van der Waals surface area contributed by atoms with E-state index in [0.717, 1.165) is 6.42 Å². The van der Waals surface area contributed by atoms with E-state index in [-0.39, 0.29) is 5.97 Å². The highest BCUT2D eigenvalue weighted by atomic mass is 28.3. The maximum Gasteiger partial charge on any atom is 0.330 e. The Kier molecular flexibility index (Phi) is 8.32. The molecule has 0 spiro atoms. The summed E-state index contributed by atoms with van der Waals surface area (Å²) in [6, 6.07) is 2.45. The summed E-state index contributed by atoms with van der Waals surface area (Å²) in [6.45, 7) is 8.21. The van der Waals surface area contributed by atoms with Crippen LogP contribution in [-0.2, 0) is 14.3 Å². The number of rotatable bonds is 8. The van der Waals surface area contributed by atoms with E-state index in [4.69, 9.17) is 9.47 Å². The number of methoxy groups -OCH3 is 1. The molecule has 0 amide bonds. The maximum atomic E-state index is 10.8. The second-order valence-corrected chi connectivity index (χ2v) is 7.41. The van der Waals surface area contributed by atoms with E-state index in [2.05, 4.69) is 20.4 Å². The van der Waals surface area contributed by atoms with Gasteiger partial charge in [-0.2, -0.15) is 0 Å². The third-order valence-corrected chi connectivity index (χ3v) is 6.45. The van der Waals surface area contributed by atoms with Gasteiger partial charge >= 0.3 is 5.97 Å². The average Bonchev–Trinajstić information content (AvgIpc) is 2.27. The highest BCUT2D eigenvalue weighted by molar-refractivity contribution is 6.60. The Morgan fingerprint density at radius 3 is 2.47 bits per heavy atom. The zero-order chi connectivity index (χ0) is 11.7. The lowest BCUT2D eigenvalue weighted by Crippen LogP contribution is -2.32. The maximum absolute atomic E-state index is 10.8. The molecule has 0 radical (unpaired) electrons. The molecule has 1 atom stereocenters. The van der Waals surface area contributed by atoms with Crippen molar-refractivity contribution < 1.29 is 14.3 Å². The van der Waals surface area contributed by atoms with Crippen molar-refractivity contribution in [2.45, 2.75) is 38.1 Å². The second kappa shape index (κ2) is 8.68. The number of hydrogen-bond donors (Lipinski definition) is 0. The standard InChI is InChI=1S/C11H22O3Si/c1-5-10(12)14-9-8-11(13-4)15(6-2)7-3/h5,11,15H,1,6-9H2,2-4H3. The van der Waals surface area contributed by atoms with Crippen molar-refractivity contribution >= 4 is 14.8 Å². The van der Waals surface area contributed by atoms with Gasteiger partial charge in [-0.3, -0.25) is 0 Å². The molecule has 0 aromatic rings. The van der Waals surface area contributed by atoms with E-state index in [9.17, 15) is 4.79 Å². The van der Waals surface area contributed by atoms with Crippen LogP contribution in [-0.4, -0.2) is 34.2 Å². The smallest absolute Gasteiger partial charge is 0.330 e. The lowest BCUT2D eigenvalue weighted by Gasteiger charge is -2.22. The molecule has 0 saturated carbocycles. The van der Waals surface area contributed by atoms with Crippen LogP contribution in [0.5, 0.6) is 0 Å². The summed E-state index contributed by atoms with van der Waals surface area (Å²) in [6.07, 6.45) is 2.00. The van der Waals surface area contributed by atoms with Crippen molar-refractivity contribution in [2.75, 3.05) is 13.7 Å². The number of carbonyl (C=O) groups is 1. The van der Waals surface area contributed by atoms with Gasteiger partial charge in [0.15, 0.2) is 0 Å². The summed E-state index contributed by atoms with van der Waals surface area (Å²) in [5.74, 6) is -0.351. The van der Waals surface area contributed by atoms with E-state index in [1.807, 2.05) is 0 Å². The summed E-state index contributed by atoms with van der Waals surface area (Å²) in [5.41, 5.74) is 0.317. The summed E-state index contributed by atoms with van der Waals surface area (Å²) >= 11 is 0. The van der Waals surface area contributed by atoms with Crippen LogP contribution in [0.1, 0.15) is 20.3 Å². The average molecular weight is 230 g/mol. The normalized spacial score (nSPS) is 12.5. The molecule has 15 heavy (non-hydrogen) atoms. The molecule has 0 aromatic heterocycles. The van der Waals surface area contributed by atoms with Crippen LogP contribution in [0.3, 0.4) is 0 Å². The molecule has 1 unspecified atom stereocenters. The highest BCUT2D eigenvalue weighted by Crippen LogP contribution is 2.10. The lowest BCUT2D eigenvalue weighted by atomic mass is 10.5. The van der Waals surface area contributed by atoms with Gasteiger partial charge in [-0.25, -0.2) is 4.79 Å². The van der Waals surface area contributed by atoms with E-state index in [1.54, 1.807) is 7.11 Å². The minimum Gasteiger partial charge on any atom is -0.462 e. The van der Waals surface area contributed by atoms with E-state index in [1.165, 1.54) is 18.2 Å². The Bertz CT molecular complexity index is 190. The molecule has 4 heteroatoms. The fraction of sp³-hybridized carbons (Fsp3) is 0.727. The molecule has 88 valence electrons. The molecule has 0 aliphatic carbocycles. The molecule has 0 aliphatic heterocycles. The number of ether oxygens (including phenoxy) is 2. The zero-order valence-corrected chi connectivity index (χ0v) is 11.1. The van der Waals surface area contributed by atoms with Crippen molar-refractivity contribution in [2.24, 2.45) is 0 Å². The molecule has 0 N–H and O–H groups in total. The van der Waals surface area contributed by atoms with E-state index >= 15 is 0 Å². The zero-order valence-electron chi connectivity index (χ0n) is 9.99.